The van der Waals surface area contributed by atoms with Crippen molar-refractivity contribution in [1.82, 2.24) is 15.2 Å². The lowest BCUT2D eigenvalue weighted by atomic mass is 10.2. The van der Waals surface area contributed by atoms with Gasteiger partial charge >= 0.3 is 0 Å². The molecule has 1 aromatic heterocycles. The van der Waals surface area contributed by atoms with Crippen molar-refractivity contribution in [2.24, 2.45) is 0 Å². The van der Waals surface area contributed by atoms with E-state index in [1.54, 1.807) is 6.20 Å². The zero-order chi connectivity index (χ0) is 9.97. The molecule has 0 radical (unpaired) electrons. The normalized spacial score (nSPS) is 10.1. The molecule has 14 heavy (non-hydrogen) atoms. The van der Waals surface area contributed by atoms with Crippen LogP contribution < -0.4 is 0 Å². The van der Waals surface area contributed by atoms with Gasteiger partial charge in [0.25, 0.3) is 0 Å². The SMILES string of the molecule is Clc1nncc(-c2ccc(Br)cc2)n1. The monoisotopic (exact) mass is 269 g/mol. The van der Waals surface area contributed by atoms with Crippen LogP contribution in [0.15, 0.2) is 34.9 Å². The maximum Gasteiger partial charge on any atom is 0.243 e. The van der Waals surface area contributed by atoms with Crippen molar-refractivity contribution in [3.63, 3.8) is 0 Å². The Balaban J connectivity index is 2.44. The molecule has 0 saturated carbocycles. The van der Waals surface area contributed by atoms with E-state index in [9.17, 15) is 0 Å². The zero-order valence-electron chi connectivity index (χ0n) is 6.98. The summed E-state index contributed by atoms with van der Waals surface area (Å²) in [6, 6.07) is 7.74. The van der Waals surface area contributed by atoms with Gasteiger partial charge in [-0.05, 0) is 23.7 Å². The van der Waals surface area contributed by atoms with Crippen LogP contribution in [-0.2, 0) is 0 Å². The van der Waals surface area contributed by atoms with Crippen molar-refractivity contribution in [2.75, 3.05) is 0 Å². The van der Waals surface area contributed by atoms with Crippen LogP contribution in [0.1, 0.15) is 0 Å². The molecule has 1 aromatic carbocycles. The van der Waals surface area contributed by atoms with Gasteiger partial charge in [0.05, 0.1) is 11.9 Å². The quantitative estimate of drug-likeness (QED) is 0.800. The lowest BCUT2D eigenvalue weighted by molar-refractivity contribution is 0.974. The van der Waals surface area contributed by atoms with Gasteiger partial charge in [0.15, 0.2) is 0 Å². The van der Waals surface area contributed by atoms with Gasteiger partial charge in [0.2, 0.25) is 5.28 Å². The Morgan fingerprint density at radius 2 is 1.86 bits per heavy atom. The molecular weight excluding hydrogens is 265 g/mol. The van der Waals surface area contributed by atoms with Crippen molar-refractivity contribution in [3.8, 4) is 11.3 Å². The summed E-state index contributed by atoms with van der Waals surface area (Å²) in [5, 5.41) is 7.46. The highest BCUT2D eigenvalue weighted by Gasteiger charge is 2.00. The van der Waals surface area contributed by atoms with Crippen LogP contribution in [0.25, 0.3) is 11.3 Å². The Labute approximate surface area is 94.3 Å². The predicted molar refractivity (Wildman–Crippen MR) is 58.0 cm³/mol. The molecule has 0 unspecified atom stereocenters. The average Bonchev–Trinajstić information content (AvgIpc) is 2.19. The molecule has 0 saturated heterocycles. The molecule has 0 spiro atoms. The minimum absolute atomic E-state index is 0.158. The summed E-state index contributed by atoms with van der Waals surface area (Å²) in [7, 11) is 0. The third kappa shape index (κ3) is 2.08. The summed E-state index contributed by atoms with van der Waals surface area (Å²) in [5.41, 5.74) is 1.68. The first kappa shape index (κ1) is 9.55. The third-order valence-electron chi connectivity index (χ3n) is 1.67. The van der Waals surface area contributed by atoms with Gasteiger partial charge in [-0.15, -0.1) is 5.10 Å². The molecule has 70 valence electrons. The van der Waals surface area contributed by atoms with E-state index in [0.717, 1.165) is 15.7 Å². The second kappa shape index (κ2) is 4.02. The Hall–Kier alpha value is -1.00. The molecule has 0 bridgehead atoms. The summed E-state index contributed by atoms with van der Waals surface area (Å²) in [4.78, 5) is 4.05. The fourth-order valence-corrected chi connectivity index (χ4v) is 1.44. The van der Waals surface area contributed by atoms with E-state index in [1.807, 2.05) is 24.3 Å². The van der Waals surface area contributed by atoms with Crippen molar-refractivity contribution in [3.05, 3.63) is 40.2 Å². The lowest BCUT2D eigenvalue weighted by Gasteiger charge is -1.99. The lowest BCUT2D eigenvalue weighted by Crippen LogP contribution is -1.89. The number of hydrogen-bond donors (Lipinski definition) is 0. The number of nitrogens with zero attached hydrogens (tertiary/aromatic N) is 3. The number of benzene rings is 1. The standard InChI is InChI=1S/C9H5BrClN3/c10-7-3-1-6(2-4-7)8-5-12-14-9(11)13-8/h1-5H. The van der Waals surface area contributed by atoms with Crippen molar-refractivity contribution in [1.29, 1.82) is 0 Å². The topological polar surface area (TPSA) is 38.7 Å². The maximum atomic E-state index is 5.63. The predicted octanol–water partition coefficient (Wildman–Crippen LogP) is 2.95. The van der Waals surface area contributed by atoms with Gasteiger partial charge in [-0.3, -0.25) is 0 Å². The van der Waals surface area contributed by atoms with E-state index < -0.39 is 0 Å². The highest BCUT2D eigenvalue weighted by molar-refractivity contribution is 9.10. The minimum Gasteiger partial charge on any atom is -0.215 e. The van der Waals surface area contributed by atoms with Crippen LogP contribution >= 0.6 is 27.5 Å². The molecule has 0 fully saturated rings. The number of aromatic nitrogens is 3. The van der Waals surface area contributed by atoms with E-state index in [2.05, 4.69) is 31.1 Å². The second-order valence-electron chi connectivity index (χ2n) is 2.62. The van der Waals surface area contributed by atoms with Crippen molar-refractivity contribution >= 4 is 27.5 Å². The highest BCUT2D eigenvalue weighted by Crippen LogP contribution is 2.19. The van der Waals surface area contributed by atoms with Gasteiger partial charge in [-0.25, -0.2) is 4.98 Å². The summed E-state index contributed by atoms with van der Waals surface area (Å²) in [6.07, 6.45) is 1.58. The minimum atomic E-state index is 0.158. The third-order valence-corrected chi connectivity index (χ3v) is 2.36. The van der Waals surface area contributed by atoms with Gasteiger partial charge in [-0.1, -0.05) is 28.1 Å². The highest BCUT2D eigenvalue weighted by atomic mass is 79.9. The summed E-state index contributed by atoms with van der Waals surface area (Å²) < 4.78 is 1.02. The van der Waals surface area contributed by atoms with Crippen molar-refractivity contribution < 1.29 is 0 Å². The molecule has 0 aliphatic heterocycles. The molecule has 5 heteroatoms. The summed E-state index contributed by atoms with van der Waals surface area (Å²) in [6.45, 7) is 0. The van der Waals surface area contributed by atoms with E-state index in [-0.39, 0.29) is 5.28 Å². The largest absolute Gasteiger partial charge is 0.243 e. The van der Waals surface area contributed by atoms with Crippen LogP contribution in [0.4, 0.5) is 0 Å². The Morgan fingerprint density at radius 3 is 2.50 bits per heavy atom. The molecule has 2 aromatic rings. The Bertz CT molecular complexity index is 444. The summed E-state index contributed by atoms with van der Waals surface area (Å²) in [5.74, 6) is 0. The molecular formula is C9H5BrClN3. The molecule has 1 heterocycles. The zero-order valence-corrected chi connectivity index (χ0v) is 9.33. The first-order valence-corrected chi connectivity index (χ1v) is 5.04. The fourth-order valence-electron chi connectivity index (χ4n) is 1.04. The molecule has 0 atom stereocenters. The first-order chi connectivity index (χ1) is 6.75. The van der Waals surface area contributed by atoms with Gasteiger partial charge < -0.3 is 0 Å². The molecule has 0 amide bonds. The Morgan fingerprint density at radius 1 is 1.14 bits per heavy atom. The van der Waals surface area contributed by atoms with Gasteiger partial charge in [-0.2, -0.15) is 5.10 Å². The summed E-state index contributed by atoms with van der Waals surface area (Å²) >= 11 is 8.99. The second-order valence-corrected chi connectivity index (χ2v) is 3.87. The van der Waals surface area contributed by atoms with Crippen LogP contribution in [0, 0.1) is 0 Å². The maximum absolute atomic E-state index is 5.63. The van der Waals surface area contributed by atoms with E-state index in [1.165, 1.54) is 0 Å². The van der Waals surface area contributed by atoms with Crippen LogP contribution in [-0.4, -0.2) is 15.2 Å². The van der Waals surface area contributed by atoms with Crippen molar-refractivity contribution in [2.45, 2.75) is 0 Å². The first-order valence-electron chi connectivity index (χ1n) is 3.87. The molecule has 2 rings (SSSR count). The van der Waals surface area contributed by atoms with Crippen LogP contribution in [0.5, 0.6) is 0 Å². The average molecular weight is 271 g/mol. The molecule has 0 aliphatic carbocycles. The van der Waals surface area contributed by atoms with E-state index in [4.69, 9.17) is 11.6 Å². The Kier molecular flexibility index (Phi) is 2.74. The van der Waals surface area contributed by atoms with E-state index in [0.29, 0.717) is 0 Å². The number of hydrogen-bond acceptors (Lipinski definition) is 3. The molecule has 3 nitrogen and oxygen atoms in total. The van der Waals surface area contributed by atoms with Crippen LogP contribution in [0.2, 0.25) is 5.28 Å². The fraction of sp³-hybridized carbons (Fsp3) is 0. The smallest absolute Gasteiger partial charge is 0.215 e. The van der Waals surface area contributed by atoms with Gasteiger partial charge in [0.1, 0.15) is 0 Å². The molecule has 0 aliphatic rings. The van der Waals surface area contributed by atoms with E-state index >= 15 is 0 Å². The van der Waals surface area contributed by atoms with Crippen LogP contribution in [0.3, 0.4) is 0 Å². The van der Waals surface area contributed by atoms with Gasteiger partial charge in [0, 0.05) is 10.0 Å². The number of halogens is 2. The number of rotatable bonds is 1. The molecule has 0 N–H and O–H groups in total.